The van der Waals surface area contributed by atoms with Gasteiger partial charge in [0, 0.05) is 55.8 Å². The number of hydrogen-bond acceptors (Lipinski definition) is 7. The minimum Gasteiger partial charge on any atom is -0.367 e. The monoisotopic (exact) mass is 534 g/mol. The quantitative estimate of drug-likeness (QED) is 0.384. The number of carbonyl (C=O) groups is 3. The molecule has 2 saturated heterocycles. The molecule has 0 aromatic carbocycles. The van der Waals surface area contributed by atoms with Gasteiger partial charge in [0.05, 0.1) is 17.5 Å². The number of urea groups is 1. The number of rotatable bonds is 6. The molecule has 3 N–H and O–H groups in total. The Balaban J connectivity index is 1.29. The molecule has 204 valence electrons. The van der Waals surface area contributed by atoms with Crippen molar-refractivity contribution in [3.8, 4) is 0 Å². The van der Waals surface area contributed by atoms with Gasteiger partial charge in [0.1, 0.15) is 17.3 Å². The van der Waals surface area contributed by atoms with Gasteiger partial charge < -0.3 is 15.5 Å². The van der Waals surface area contributed by atoms with Crippen LogP contribution < -0.4 is 16.0 Å². The fraction of sp³-hybridized carbons (Fsp3) is 0.444. The Morgan fingerprint density at radius 3 is 2.62 bits per heavy atom. The summed E-state index contributed by atoms with van der Waals surface area (Å²) in [5, 5.41) is 12.6. The molecule has 1 unspecified atom stereocenters. The highest BCUT2D eigenvalue weighted by Gasteiger charge is 2.31. The molecule has 2 aliphatic carbocycles. The van der Waals surface area contributed by atoms with Crippen molar-refractivity contribution in [1.82, 2.24) is 35.0 Å². The Morgan fingerprint density at radius 2 is 1.95 bits per heavy atom. The van der Waals surface area contributed by atoms with Crippen molar-refractivity contribution in [1.29, 1.82) is 0 Å². The van der Waals surface area contributed by atoms with Crippen molar-refractivity contribution >= 4 is 35.4 Å². The number of fused-ring (bicyclic) bond motifs is 1. The number of imide groups is 1. The molecule has 2 aromatic rings. The van der Waals surface area contributed by atoms with Crippen molar-refractivity contribution in [2.45, 2.75) is 51.1 Å². The molecule has 2 aromatic heterocycles. The molecule has 4 amide bonds. The standard InChI is InChI=1S/C27H31FN8O3/c1-15(2)34-7-9-35(10-8-34)26(38)19-11-16(3-6-20(19)28)21-13-23(30-18-4-5-18)36-24(31-21)17(14-29-36)12-22-25(37)33-27(39)32-22/h3,6,12-16,18,30H,4-5,7-11H2,1-2H3,(H2,32,33,37,39)/b22-12-. The lowest BCUT2D eigenvalue weighted by Gasteiger charge is -2.37. The van der Waals surface area contributed by atoms with Crippen LogP contribution in [0.5, 0.6) is 0 Å². The number of piperazine rings is 1. The molecular formula is C27H31FN8O3. The first-order chi connectivity index (χ1) is 18.8. The van der Waals surface area contributed by atoms with Crippen LogP contribution >= 0.6 is 0 Å². The van der Waals surface area contributed by atoms with E-state index in [2.05, 4.69) is 39.8 Å². The maximum atomic E-state index is 15.0. The first kappa shape index (κ1) is 25.2. The number of hydrogen-bond donors (Lipinski definition) is 3. The summed E-state index contributed by atoms with van der Waals surface area (Å²) < 4.78 is 16.6. The molecule has 2 aliphatic heterocycles. The summed E-state index contributed by atoms with van der Waals surface area (Å²) in [7, 11) is 0. The molecular weight excluding hydrogens is 503 g/mol. The third-order valence-electron chi connectivity index (χ3n) is 7.63. The Morgan fingerprint density at radius 1 is 1.18 bits per heavy atom. The van der Waals surface area contributed by atoms with E-state index in [1.165, 1.54) is 12.2 Å². The molecule has 0 spiro atoms. The van der Waals surface area contributed by atoms with Gasteiger partial charge in [0.2, 0.25) is 0 Å². The van der Waals surface area contributed by atoms with Crippen LogP contribution in [0.4, 0.5) is 15.0 Å². The number of halogens is 1. The summed E-state index contributed by atoms with van der Waals surface area (Å²) in [4.78, 5) is 45.9. The molecule has 0 radical (unpaired) electrons. The van der Waals surface area contributed by atoms with E-state index in [0.29, 0.717) is 42.1 Å². The van der Waals surface area contributed by atoms with E-state index < -0.39 is 17.8 Å². The number of nitrogens with zero attached hydrogens (tertiary/aromatic N) is 5. The molecule has 4 heterocycles. The molecule has 1 atom stereocenters. The molecule has 11 nitrogen and oxygen atoms in total. The van der Waals surface area contributed by atoms with Crippen LogP contribution in [0, 0.1) is 0 Å². The topological polar surface area (TPSA) is 124 Å². The summed E-state index contributed by atoms with van der Waals surface area (Å²) in [6, 6.07) is 2.04. The normalized spacial score (nSPS) is 23.2. The second-order valence-corrected chi connectivity index (χ2v) is 10.7. The van der Waals surface area contributed by atoms with Gasteiger partial charge in [-0.2, -0.15) is 9.61 Å². The number of aromatic nitrogens is 3. The third-order valence-corrected chi connectivity index (χ3v) is 7.63. The second kappa shape index (κ2) is 9.92. The van der Waals surface area contributed by atoms with Gasteiger partial charge in [-0.25, -0.2) is 14.2 Å². The van der Waals surface area contributed by atoms with Gasteiger partial charge >= 0.3 is 6.03 Å². The molecule has 3 fully saturated rings. The predicted molar refractivity (Wildman–Crippen MR) is 142 cm³/mol. The minimum atomic E-state index is -0.587. The van der Waals surface area contributed by atoms with E-state index >= 15 is 0 Å². The minimum absolute atomic E-state index is 0.104. The van der Waals surface area contributed by atoms with Crippen LogP contribution in [0.3, 0.4) is 0 Å². The van der Waals surface area contributed by atoms with Gasteiger partial charge in [-0.1, -0.05) is 6.08 Å². The summed E-state index contributed by atoms with van der Waals surface area (Å²) in [6.07, 6.45) is 8.50. The van der Waals surface area contributed by atoms with E-state index in [-0.39, 0.29) is 29.5 Å². The maximum absolute atomic E-state index is 15.0. The third kappa shape index (κ3) is 5.03. The van der Waals surface area contributed by atoms with Crippen LogP contribution in [0.1, 0.15) is 50.3 Å². The van der Waals surface area contributed by atoms with Gasteiger partial charge in [0.15, 0.2) is 5.65 Å². The van der Waals surface area contributed by atoms with Gasteiger partial charge in [-0.3, -0.25) is 19.8 Å². The molecule has 12 heteroatoms. The van der Waals surface area contributed by atoms with Crippen molar-refractivity contribution in [2.75, 3.05) is 31.5 Å². The molecule has 6 rings (SSSR count). The lowest BCUT2D eigenvalue weighted by atomic mass is 9.90. The molecule has 4 aliphatic rings. The molecule has 1 saturated carbocycles. The zero-order valence-corrected chi connectivity index (χ0v) is 21.9. The Hall–Kier alpha value is -4.06. The maximum Gasteiger partial charge on any atom is 0.326 e. The first-order valence-electron chi connectivity index (χ1n) is 13.4. The lowest BCUT2D eigenvalue weighted by Crippen LogP contribution is -2.51. The predicted octanol–water partition coefficient (Wildman–Crippen LogP) is 2.30. The highest BCUT2D eigenvalue weighted by Crippen LogP contribution is 2.35. The highest BCUT2D eigenvalue weighted by molar-refractivity contribution is 6.14. The van der Waals surface area contributed by atoms with Crippen LogP contribution in [0.2, 0.25) is 0 Å². The molecule has 0 bridgehead atoms. The summed E-state index contributed by atoms with van der Waals surface area (Å²) in [5.74, 6) is -0.892. The van der Waals surface area contributed by atoms with Crippen LogP contribution in [0.15, 0.2) is 41.5 Å². The van der Waals surface area contributed by atoms with Crippen molar-refractivity contribution < 1.29 is 18.8 Å². The number of allylic oxidation sites excluding steroid dienone is 3. The van der Waals surface area contributed by atoms with E-state index in [1.807, 2.05) is 6.07 Å². The number of nitrogens with one attached hydrogen (secondary N) is 3. The van der Waals surface area contributed by atoms with Gasteiger partial charge in [0.25, 0.3) is 11.8 Å². The summed E-state index contributed by atoms with van der Waals surface area (Å²) in [5.41, 5.74) is 1.96. The van der Waals surface area contributed by atoms with Gasteiger partial charge in [-0.05, 0) is 45.3 Å². The SMILES string of the molecule is CC(C)N1CCN(C(=O)C2=C(F)C=CC(c3cc(NC4CC4)n4ncc(/C=C5\NC(=O)NC5=O)c4n3)C2)CC1. The van der Waals surface area contributed by atoms with Crippen molar-refractivity contribution in [3.05, 3.63) is 52.8 Å². The van der Waals surface area contributed by atoms with E-state index in [1.54, 1.807) is 21.7 Å². The number of anilines is 1. The van der Waals surface area contributed by atoms with Gasteiger partial charge in [-0.15, -0.1) is 0 Å². The van der Waals surface area contributed by atoms with E-state index in [0.717, 1.165) is 31.7 Å². The van der Waals surface area contributed by atoms with Crippen LogP contribution in [-0.4, -0.2) is 80.5 Å². The Bertz CT molecular complexity index is 1450. The highest BCUT2D eigenvalue weighted by atomic mass is 19.1. The largest absolute Gasteiger partial charge is 0.367 e. The lowest BCUT2D eigenvalue weighted by molar-refractivity contribution is -0.129. The zero-order valence-electron chi connectivity index (χ0n) is 21.9. The zero-order chi connectivity index (χ0) is 27.3. The fourth-order valence-electron chi connectivity index (χ4n) is 5.18. The smallest absolute Gasteiger partial charge is 0.326 e. The summed E-state index contributed by atoms with van der Waals surface area (Å²) >= 11 is 0. The van der Waals surface area contributed by atoms with E-state index in [4.69, 9.17) is 4.98 Å². The average molecular weight is 535 g/mol. The van der Waals surface area contributed by atoms with Crippen molar-refractivity contribution in [2.24, 2.45) is 0 Å². The van der Waals surface area contributed by atoms with Crippen LogP contribution in [-0.2, 0) is 9.59 Å². The van der Waals surface area contributed by atoms with E-state index in [9.17, 15) is 18.8 Å². The fourth-order valence-corrected chi connectivity index (χ4v) is 5.18. The van der Waals surface area contributed by atoms with Crippen LogP contribution in [0.25, 0.3) is 11.7 Å². The number of amides is 4. The first-order valence-corrected chi connectivity index (χ1v) is 13.4. The Labute approximate surface area is 224 Å². The summed E-state index contributed by atoms with van der Waals surface area (Å²) in [6.45, 7) is 6.94. The number of carbonyl (C=O) groups excluding carboxylic acids is 3. The Kier molecular flexibility index (Phi) is 6.42. The average Bonchev–Trinajstić information content (AvgIpc) is 3.56. The van der Waals surface area contributed by atoms with Crippen molar-refractivity contribution in [3.63, 3.8) is 0 Å². The second-order valence-electron chi connectivity index (χ2n) is 10.7. The molecule has 39 heavy (non-hydrogen) atoms.